The number of nitrogens with zero attached hydrogens (tertiary/aromatic N) is 1. The summed E-state index contributed by atoms with van der Waals surface area (Å²) in [5.41, 5.74) is 0. The molecule has 1 aliphatic rings. The molecule has 0 aromatic carbocycles. The highest BCUT2D eigenvalue weighted by atomic mass is 19.3. The van der Waals surface area contributed by atoms with Gasteiger partial charge in [-0.2, -0.15) is 8.78 Å². The third-order valence-corrected chi connectivity index (χ3v) is 2.78. The van der Waals surface area contributed by atoms with Crippen molar-refractivity contribution >= 4 is 6.03 Å². The summed E-state index contributed by atoms with van der Waals surface area (Å²) in [7, 11) is 0. The number of carbonyl (C=O) groups is 1. The van der Waals surface area contributed by atoms with Crippen LogP contribution in [0, 0.1) is 5.92 Å². The van der Waals surface area contributed by atoms with Crippen LogP contribution in [-0.2, 0) is 4.74 Å². The summed E-state index contributed by atoms with van der Waals surface area (Å²) in [5, 5.41) is 2.80. The fourth-order valence-corrected chi connectivity index (χ4v) is 1.29. The predicted octanol–water partition coefficient (Wildman–Crippen LogP) is 1.66. The molecule has 2 amide bonds. The van der Waals surface area contributed by atoms with E-state index in [1.54, 1.807) is 0 Å². The standard InChI is InChI=1S/C10H18F2N2O2/c1-6(2)7(3)13-10(15)14-4-8(5-14)16-9(11)12/h6-9H,4-5H2,1-3H3,(H,13,15)/t7-/m1/s1. The van der Waals surface area contributed by atoms with Crippen molar-refractivity contribution in [2.45, 2.75) is 39.5 Å². The molecule has 1 saturated heterocycles. The number of likely N-dealkylation sites (tertiary alicyclic amines) is 1. The van der Waals surface area contributed by atoms with Crippen molar-refractivity contribution in [3.8, 4) is 0 Å². The highest BCUT2D eigenvalue weighted by molar-refractivity contribution is 5.75. The monoisotopic (exact) mass is 236 g/mol. The zero-order valence-corrected chi connectivity index (χ0v) is 9.74. The van der Waals surface area contributed by atoms with E-state index in [0.29, 0.717) is 5.92 Å². The topological polar surface area (TPSA) is 41.6 Å². The summed E-state index contributed by atoms with van der Waals surface area (Å²) in [5.74, 6) is 0.346. The molecule has 0 radical (unpaired) electrons. The van der Waals surface area contributed by atoms with E-state index in [2.05, 4.69) is 10.1 Å². The number of alkyl halides is 2. The Hall–Kier alpha value is -0.910. The lowest BCUT2D eigenvalue weighted by Gasteiger charge is -2.39. The average Bonchev–Trinajstić information content (AvgIpc) is 2.09. The zero-order chi connectivity index (χ0) is 12.3. The van der Waals surface area contributed by atoms with Gasteiger partial charge in [-0.15, -0.1) is 0 Å². The van der Waals surface area contributed by atoms with E-state index in [1.165, 1.54) is 4.90 Å². The van der Waals surface area contributed by atoms with E-state index in [1.807, 2.05) is 20.8 Å². The molecule has 1 atom stereocenters. The van der Waals surface area contributed by atoms with Crippen LogP contribution < -0.4 is 5.32 Å². The lowest BCUT2D eigenvalue weighted by Crippen LogP contribution is -2.59. The van der Waals surface area contributed by atoms with E-state index >= 15 is 0 Å². The Morgan fingerprint density at radius 1 is 1.38 bits per heavy atom. The van der Waals surface area contributed by atoms with Crippen molar-refractivity contribution in [1.82, 2.24) is 10.2 Å². The summed E-state index contributed by atoms with van der Waals surface area (Å²) in [6.45, 7) is 3.63. The van der Waals surface area contributed by atoms with Crippen molar-refractivity contribution in [2.75, 3.05) is 13.1 Å². The highest BCUT2D eigenvalue weighted by Crippen LogP contribution is 2.15. The fourth-order valence-electron chi connectivity index (χ4n) is 1.29. The van der Waals surface area contributed by atoms with Gasteiger partial charge in [-0.3, -0.25) is 0 Å². The summed E-state index contributed by atoms with van der Waals surface area (Å²) in [6.07, 6.45) is -0.528. The van der Waals surface area contributed by atoms with E-state index in [9.17, 15) is 13.6 Å². The number of ether oxygens (including phenoxy) is 1. The number of carbonyl (C=O) groups excluding carboxylic acids is 1. The van der Waals surface area contributed by atoms with Crippen LogP contribution >= 0.6 is 0 Å². The maximum atomic E-state index is 11.8. The average molecular weight is 236 g/mol. The van der Waals surface area contributed by atoms with Gasteiger partial charge in [0.15, 0.2) is 0 Å². The molecular formula is C10H18F2N2O2. The molecule has 1 heterocycles. The quantitative estimate of drug-likeness (QED) is 0.806. The zero-order valence-electron chi connectivity index (χ0n) is 9.74. The molecule has 94 valence electrons. The normalized spacial score (nSPS) is 18.8. The Bertz CT molecular complexity index is 243. The van der Waals surface area contributed by atoms with Crippen molar-refractivity contribution < 1.29 is 18.3 Å². The molecule has 16 heavy (non-hydrogen) atoms. The number of halogens is 2. The summed E-state index contributed by atoms with van der Waals surface area (Å²) in [4.78, 5) is 13.0. The lowest BCUT2D eigenvalue weighted by atomic mass is 10.1. The van der Waals surface area contributed by atoms with Crippen LogP contribution in [0.25, 0.3) is 0 Å². The maximum absolute atomic E-state index is 11.8. The molecule has 0 bridgehead atoms. The van der Waals surface area contributed by atoms with Gasteiger partial charge < -0.3 is 15.0 Å². The Balaban J connectivity index is 2.22. The summed E-state index contributed by atoms with van der Waals surface area (Å²) in [6, 6.07) is -0.141. The van der Waals surface area contributed by atoms with E-state index in [4.69, 9.17) is 0 Å². The lowest BCUT2D eigenvalue weighted by molar-refractivity contribution is -0.189. The van der Waals surface area contributed by atoms with E-state index in [0.717, 1.165) is 0 Å². The van der Waals surface area contributed by atoms with Crippen molar-refractivity contribution in [3.63, 3.8) is 0 Å². The van der Waals surface area contributed by atoms with Gasteiger partial charge in [0.1, 0.15) is 0 Å². The number of hydrogen-bond donors (Lipinski definition) is 1. The second-order valence-electron chi connectivity index (χ2n) is 4.41. The van der Waals surface area contributed by atoms with Gasteiger partial charge in [0.05, 0.1) is 19.2 Å². The first-order valence-corrected chi connectivity index (χ1v) is 5.39. The Kier molecular flexibility index (Phi) is 4.46. The molecule has 1 fully saturated rings. The molecule has 0 aromatic heterocycles. The number of nitrogens with one attached hydrogen (secondary N) is 1. The van der Waals surface area contributed by atoms with Crippen LogP contribution in [0.5, 0.6) is 0 Å². The smallest absolute Gasteiger partial charge is 0.335 e. The van der Waals surface area contributed by atoms with Crippen LogP contribution in [0.15, 0.2) is 0 Å². The van der Waals surface area contributed by atoms with E-state index < -0.39 is 12.7 Å². The Labute approximate surface area is 93.9 Å². The molecule has 1 N–H and O–H groups in total. The number of urea groups is 1. The fraction of sp³-hybridized carbons (Fsp3) is 0.900. The molecule has 0 aliphatic carbocycles. The molecule has 6 heteroatoms. The summed E-state index contributed by atoms with van der Waals surface area (Å²) < 4.78 is 27.9. The van der Waals surface area contributed by atoms with Gasteiger partial charge in [-0.05, 0) is 12.8 Å². The Morgan fingerprint density at radius 3 is 2.38 bits per heavy atom. The first-order valence-electron chi connectivity index (χ1n) is 5.39. The highest BCUT2D eigenvalue weighted by Gasteiger charge is 2.33. The second-order valence-corrected chi connectivity index (χ2v) is 4.41. The minimum Gasteiger partial charge on any atom is -0.335 e. The van der Waals surface area contributed by atoms with Crippen LogP contribution in [0.3, 0.4) is 0 Å². The molecule has 0 spiro atoms. The minimum absolute atomic E-state index is 0.0718. The maximum Gasteiger partial charge on any atom is 0.345 e. The van der Waals surface area contributed by atoms with Crippen LogP contribution in [0.2, 0.25) is 0 Å². The molecule has 4 nitrogen and oxygen atoms in total. The first-order chi connectivity index (χ1) is 7.40. The minimum atomic E-state index is -2.76. The van der Waals surface area contributed by atoms with Gasteiger partial charge in [-0.1, -0.05) is 13.8 Å². The van der Waals surface area contributed by atoms with Crippen molar-refractivity contribution in [2.24, 2.45) is 5.92 Å². The third-order valence-electron chi connectivity index (χ3n) is 2.78. The largest absolute Gasteiger partial charge is 0.345 e. The number of hydrogen-bond acceptors (Lipinski definition) is 2. The Morgan fingerprint density at radius 2 is 1.94 bits per heavy atom. The van der Waals surface area contributed by atoms with E-state index in [-0.39, 0.29) is 25.2 Å². The van der Waals surface area contributed by atoms with Gasteiger partial charge in [-0.25, -0.2) is 4.79 Å². The molecular weight excluding hydrogens is 218 g/mol. The van der Waals surface area contributed by atoms with Crippen LogP contribution in [-0.4, -0.2) is 42.8 Å². The van der Waals surface area contributed by atoms with Crippen LogP contribution in [0.4, 0.5) is 13.6 Å². The van der Waals surface area contributed by atoms with Crippen molar-refractivity contribution in [1.29, 1.82) is 0 Å². The van der Waals surface area contributed by atoms with Gasteiger partial charge in [0.2, 0.25) is 0 Å². The van der Waals surface area contributed by atoms with Gasteiger partial charge in [0.25, 0.3) is 0 Å². The third kappa shape index (κ3) is 3.59. The molecule has 0 saturated carbocycles. The molecule has 1 rings (SSSR count). The SMILES string of the molecule is CC(C)[C@@H](C)NC(=O)N1CC(OC(F)F)C1. The van der Waals surface area contributed by atoms with Crippen LogP contribution in [0.1, 0.15) is 20.8 Å². The molecule has 0 aromatic rings. The number of rotatable bonds is 4. The molecule has 1 aliphatic heterocycles. The first kappa shape index (κ1) is 13.2. The van der Waals surface area contributed by atoms with Gasteiger partial charge >= 0.3 is 12.6 Å². The molecule has 0 unspecified atom stereocenters. The predicted molar refractivity (Wildman–Crippen MR) is 55.3 cm³/mol. The second kappa shape index (κ2) is 5.43. The van der Waals surface area contributed by atoms with Crippen molar-refractivity contribution in [3.05, 3.63) is 0 Å². The van der Waals surface area contributed by atoms with Gasteiger partial charge in [0, 0.05) is 6.04 Å². The summed E-state index contributed by atoms with van der Waals surface area (Å²) >= 11 is 0. The number of amides is 2.